The summed E-state index contributed by atoms with van der Waals surface area (Å²) in [5.41, 5.74) is 1.00. The number of hydrogen-bond donors (Lipinski definition) is 1. The third-order valence-electron chi connectivity index (χ3n) is 3.11. The third kappa shape index (κ3) is 4.72. The standard InChI is InChI=1S/C13H25N5O/c1-6-16-13(15-5)17-12(11(3)14-4)18-7-8-19-10(2)9-18/h10,12H,5-9H2,1-4H3,(H,16,17)/t10-,12?/m0/s1. The number of morpholine rings is 1. The Morgan fingerprint density at radius 3 is 2.84 bits per heavy atom. The minimum Gasteiger partial charge on any atom is -0.376 e. The summed E-state index contributed by atoms with van der Waals surface area (Å²) < 4.78 is 5.58. The van der Waals surface area contributed by atoms with E-state index in [4.69, 9.17) is 4.74 Å². The van der Waals surface area contributed by atoms with Gasteiger partial charge in [-0.1, -0.05) is 0 Å². The number of ether oxygens (including phenoxy) is 1. The number of rotatable bonds is 4. The summed E-state index contributed by atoms with van der Waals surface area (Å²) in [7, 11) is 1.80. The van der Waals surface area contributed by atoms with Crippen molar-refractivity contribution in [2.24, 2.45) is 15.0 Å². The fraction of sp³-hybridized carbons (Fsp3) is 0.769. The number of hydrogen-bond acceptors (Lipinski definition) is 4. The van der Waals surface area contributed by atoms with E-state index in [1.54, 1.807) is 7.05 Å². The van der Waals surface area contributed by atoms with Crippen LogP contribution in [0.3, 0.4) is 0 Å². The van der Waals surface area contributed by atoms with Crippen molar-refractivity contribution >= 4 is 18.4 Å². The van der Waals surface area contributed by atoms with Gasteiger partial charge in [0.25, 0.3) is 0 Å². The van der Waals surface area contributed by atoms with E-state index in [2.05, 4.69) is 38.8 Å². The van der Waals surface area contributed by atoms with E-state index in [0.29, 0.717) is 12.5 Å². The minimum absolute atomic E-state index is 0.00727. The van der Waals surface area contributed by atoms with Crippen LogP contribution in [0.25, 0.3) is 0 Å². The van der Waals surface area contributed by atoms with Gasteiger partial charge in [-0.25, -0.2) is 4.99 Å². The maximum Gasteiger partial charge on any atom is 0.218 e. The van der Waals surface area contributed by atoms with Crippen molar-refractivity contribution in [3.63, 3.8) is 0 Å². The molecule has 1 fully saturated rings. The molecule has 1 aliphatic heterocycles. The first kappa shape index (κ1) is 15.8. The molecule has 0 amide bonds. The molecular weight excluding hydrogens is 242 g/mol. The van der Waals surface area contributed by atoms with E-state index in [-0.39, 0.29) is 12.3 Å². The number of nitrogens with zero attached hydrogens (tertiary/aromatic N) is 4. The SMILES string of the molecule is C=NC(=NCC)NC(C(C)=NC)N1CCO[C@@H](C)C1. The molecule has 0 saturated carbocycles. The van der Waals surface area contributed by atoms with Crippen LogP contribution in [0.1, 0.15) is 20.8 Å². The van der Waals surface area contributed by atoms with Crippen LogP contribution < -0.4 is 5.32 Å². The zero-order chi connectivity index (χ0) is 14.3. The summed E-state index contributed by atoms with van der Waals surface area (Å²) in [5.74, 6) is 0.564. The Hall–Kier alpha value is -1.27. The summed E-state index contributed by atoms with van der Waals surface area (Å²) in [4.78, 5) is 14.8. The van der Waals surface area contributed by atoms with Crippen molar-refractivity contribution in [1.82, 2.24) is 10.2 Å². The van der Waals surface area contributed by atoms with Crippen molar-refractivity contribution in [3.05, 3.63) is 0 Å². The number of aliphatic imine (C=N–C) groups is 3. The molecule has 0 aromatic rings. The van der Waals surface area contributed by atoms with Crippen molar-refractivity contribution in [2.75, 3.05) is 33.3 Å². The summed E-state index contributed by atoms with van der Waals surface area (Å²) in [6.07, 6.45) is 0.220. The Labute approximate surface area is 115 Å². The summed E-state index contributed by atoms with van der Waals surface area (Å²) in [5, 5.41) is 3.31. The molecule has 1 aliphatic rings. The Kier molecular flexibility index (Phi) is 6.66. The minimum atomic E-state index is -0.00727. The van der Waals surface area contributed by atoms with E-state index in [1.165, 1.54) is 0 Å². The normalized spacial score (nSPS) is 24.1. The zero-order valence-corrected chi connectivity index (χ0v) is 12.4. The average Bonchev–Trinajstić information content (AvgIpc) is 2.42. The topological polar surface area (TPSA) is 61.6 Å². The van der Waals surface area contributed by atoms with Crippen LogP contribution in [0.5, 0.6) is 0 Å². The van der Waals surface area contributed by atoms with Crippen LogP contribution in [0, 0.1) is 0 Å². The highest BCUT2D eigenvalue weighted by molar-refractivity contribution is 5.93. The highest BCUT2D eigenvalue weighted by Gasteiger charge is 2.26. The highest BCUT2D eigenvalue weighted by atomic mass is 16.5. The molecule has 19 heavy (non-hydrogen) atoms. The van der Waals surface area contributed by atoms with E-state index in [0.717, 1.165) is 25.4 Å². The molecule has 0 aromatic carbocycles. The van der Waals surface area contributed by atoms with Crippen molar-refractivity contribution < 1.29 is 4.74 Å². The number of guanidine groups is 1. The van der Waals surface area contributed by atoms with Crippen LogP contribution in [-0.4, -0.2) is 68.8 Å². The Morgan fingerprint density at radius 2 is 2.32 bits per heavy atom. The molecule has 0 aliphatic carbocycles. The first-order chi connectivity index (χ1) is 9.12. The van der Waals surface area contributed by atoms with Crippen LogP contribution in [-0.2, 0) is 4.74 Å². The van der Waals surface area contributed by atoms with Gasteiger partial charge in [0, 0.05) is 32.4 Å². The maximum atomic E-state index is 5.58. The molecule has 0 spiro atoms. The average molecular weight is 267 g/mol. The molecule has 1 heterocycles. The predicted molar refractivity (Wildman–Crippen MR) is 80.5 cm³/mol. The van der Waals surface area contributed by atoms with Gasteiger partial charge in [-0.2, -0.15) is 0 Å². The lowest BCUT2D eigenvalue weighted by Crippen LogP contribution is -2.57. The molecule has 2 atom stereocenters. The molecule has 1 N–H and O–H groups in total. The molecule has 0 radical (unpaired) electrons. The van der Waals surface area contributed by atoms with Crippen molar-refractivity contribution in [3.8, 4) is 0 Å². The second-order valence-electron chi connectivity index (χ2n) is 4.54. The quantitative estimate of drug-likeness (QED) is 0.605. The highest BCUT2D eigenvalue weighted by Crippen LogP contribution is 2.09. The monoisotopic (exact) mass is 267 g/mol. The summed E-state index contributed by atoms with van der Waals surface area (Å²) in [6, 6.07) is 0. The van der Waals surface area contributed by atoms with Gasteiger partial charge < -0.3 is 10.1 Å². The second kappa shape index (κ2) is 8.01. The first-order valence-electron chi connectivity index (χ1n) is 6.69. The van der Waals surface area contributed by atoms with Gasteiger partial charge in [-0.05, 0) is 27.5 Å². The van der Waals surface area contributed by atoms with Gasteiger partial charge in [0.15, 0.2) is 0 Å². The van der Waals surface area contributed by atoms with Crippen LogP contribution >= 0.6 is 0 Å². The molecule has 0 bridgehead atoms. The predicted octanol–water partition coefficient (Wildman–Crippen LogP) is 0.790. The molecule has 1 rings (SSSR count). The smallest absolute Gasteiger partial charge is 0.218 e. The first-order valence-corrected chi connectivity index (χ1v) is 6.69. The van der Waals surface area contributed by atoms with Gasteiger partial charge in [-0.15, -0.1) is 0 Å². The second-order valence-corrected chi connectivity index (χ2v) is 4.54. The fourth-order valence-corrected chi connectivity index (χ4v) is 2.08. The third-order valence-corrected chi connectivity index (χ3v) is 3.11. The van der Waals surface area contributed by atoms with Gasteiger partial charge in [-0.3, -0.25) is 14.9 Å². The molecule has 6 heteroatoms. The zero-order valence-electron chi connectivity index (χ0n) is 12.4. The van der Waals surface area contributed by atoms with Gasteiger partial charge in [0.1, 0.15) is 6.17 Å². The molecule has 1 unspecified atom stereocenters. The molecular formula is C13H25N5O. The van der Waals surface area contributed by atoms with Crippen LogP contribution in [0.2, 0.25) is 0 Å². The van der Waals surface area contributed by atoms with E-state index in [1.807, 2.05) is 13.8 Å². The summed E-state index contributed by atoms with van der Waals surface area (Å²) >= 11 is 0. The van der Waals surface area contributed by atoms with E-state index in [9.17, 15) is 0 Å². The largest absolute Gasteiger partial charge is 0.376 e. The van der Waals surface area contributed by atoms with E-state index < -0.39 is 0 Å². The summed E-state index contributed by atoms with van der Waals surface area (Å²) in [6.45, 7) is 12.7. The lowest BCUT2D eigenvalue weighted by Gasteiger charge is -2.37. The maximum absolute atomic E-state index is 5.58. The van der Waals surface area contributed by atoms with Crippen LogP contribution in [0.4, 0.5) is 0 Å². The molecule has 108 valence electrons. The number of nitrogens with one attached hydrogen (secondary N) is 1. The van der Waals surface area contributed by atoms with Gasteiger partial charge in [0.2, 0.25) is 5.96 Å². The molecule has 0 aromatic heterocycles. The Bertz CT molecular complexity index is 353. The fourth-order valence-electron chi connectivity index (χ4n) is 2.08. The Balaban J connectivity index is 2.82. The van der Waals surface area contributed by atoms with E-state index >= 15 is 0 Å². The van der Waals surface area contributed by atoms with Gasteiger partial charge in [0.05, 0.1) is 12.7 Å². The lowest BCUT2D eigenvalue weighted by atomic mass is 10.2. The molecule has 6 nitrogen and oxygen atoms in total. The lowest BCUT2D eigenvalue weighted by molar-refractivity contribution is -0.0267. The Morgan fingerprint density at radius 1 is 1.58 bits per heavy atom. The van der Waals surface area contributed by atoms with Crippen LogP contribution in [0.15, 0.2) is 15.0 Å². The van der Waals surface area contributed by atoms with Crippen molar-refractivity contribution in [2.45, 2.75) is 33.0 Å². The van der Waals surface area contributed by atoms with Crippen molar-refractivity contribution in [1.29, 1.82) is 0 Å². The molecule has 1 saturated heterocycles. The van der Waals surface area contributed by atoms with Gasteiger partial charge >= 0.3 is 0 Å².